The molecular formula is C20H20O4. The van der Waals surface area contributed by atoms with E-state index in [-0.39, 0.29) is 23.0 Å². The minimum atomic E-state index is -0.0504. The van der Waals surface area contributed by atoms with Crippen molar-refractivity contribution >= 4 is 0 Å². The lowest BCUT2D eigenvalue weighted by atomic mass is 10.0. The molecule has 0 aliphatic heterocycles. The Labute approximate surface area is 140 Å². The predicted molar refractivity (Wildman–Crippen MR) is 93.4 cm³/mol. The Morgan fingerprint density at radius 1 is 0.542 bits per heavy atom. The van der Waals surface area contributed by atoms with Gasteiger partial charge in [0, 0.05) is 0 Å². The number of aromatic hydroxyl groups is 4. The predicted octanol–water partition coefficient (Wildman–Crippen LogP) is 3.98. The van der Waals surface area contributed by atoms with Crippen LogP contribution in [0, 0.1) is 0 Å². The zero-order valence-corrected chi connectivity index (χ0v) is 13.1. The lowest BCUT2D eigenvalue weighted by Crippen LogP contribution is -1.91. The van der Waals surface area contributed by atoms with E-state index >= 15 is 0 Å². The normalized spacial score (nSPS) is 9.83. The molecule has 0 atom stereocenters. The molecule has 0 aliphatic rings. The molecule has 4 nitrogen and oxygen atoms in total. The summed E-state index contributed by atoms with van der Waals surface area (Å²) in [4.78, 5) is 0. The van der Waals surface area contributed by atoms with Gasteiger partial charge in [-0.3, -0.25) is 0 Å². The Morgan fingerprint density at radius 3 is 1.71 bits per heavy atom. The molecule has 0 saturated carbocycles. The number of phenols is 4. The average Bonchev–Trinajstić information content (AvgIpc) is 2.60. The summed E-state index contributed by atoms with van der Waals surface area (Å²) >= 11 is 0. The fourth-order valence-corrected chi connectivity index (χ4v) is 2.16. The van der Waals surface area contributed by atoms with Crippen LogP contribution in [-0.2, 0) is 12.8 Å². The summed E-state index contributed by atoms with van der Waals surface area (Å²) < 4.78 is 0. The minimum absolute atomic E-state index is 0.00145. The molecule has 4 N–H and O–H groups in total. The topological polar surface area (TPSA) is 80.9 Å². The minimum Gasteiger partial charge on any atom is -0.508 e. The van der Waals surface area contributed by atoms with Crippen molar-refractivity contribution in [2.75, 3.05) is 0 Å². The van der Waals surface area contributed by atoms with E-state index in [0.29, 0.717) is 0 Å². The second-order valence-electron chi connectivity index (χ2n) is 5.29. The van der Waals surface area contributed by atoms with Crippen molar-refractivity contribution in [2.24, 2.45) is 0 Å². The summed E-state index contributed by atoms with van der Waals surface area (Å²) in [6.07, 6.45) is 1.59. The molecule has 3 rings (SSSR count). The van der Waals surface area contributed by atoms with Crippen molar-refractivity contribution in [3.8, 4) is 23.0 Å². The summed E-state index contributed by atoms with van der Waals surface area (Å²) in [6, 6.07) is 20.9. The number of benzene rings is 3. The Bertz CT molecular complexity index is 731. The molecule has 3 aromatic carbocycles. The lowest BCUT2D eigenvalue weighted by Gasteiger charge is -2.05. The smallest absolute Gasteiger partial charge is 0.160 e. The number of para-hydroxylation sites is 1. The molecule has 0 amide bonds. The highest BCUT2D eigenvalue weighted by molar-refractivity contribution is 5.44. The summed E-state index contributed by atoms with van der Waals surface area (Å²) in [6.45, 7) is 0. The van der Waals surface area contributed by atoms with Crippen LogP contribution in [0.4, 0.5) is 0 Å². The molecule has 0 unspecified atom stereocenters. The third kappa shape index (κ3) is 5.25. The van der Waals surface area contributed by atoms with E-state index < -0.39 is 0 Å². The average molecular weight is 324 g/mol. The monoisotopic (exact) mass is 324 g/mol. The summed E-state index contributed by atoms with van der Waals surface area (Å²) in [7, 11) is 0. The molecule has 0 fully saturated rings. The van der Waals surface area contributed by atoms with E-state index in [2.05, 4.69) is 12.1 Å². The van der Waals surface area contributed by atoms with Gasteiger partial charge in [-0.05, 0) is 54.3 Å². The van der Waals surface area contributed by atoms with Gasteiger partial charge in [0.1, 0.15) is 11.5 Å². The number of phenolic OH excluding ortho intramolecular Hbond substituents is 4. The van der Waals surface area contributed by atoms with Crippen LogP contribution >= 0.6 is 0 Å². The first-order valence-electron chi connectivity index (χ1n) is 7.58. The second-order valence-corrected chi connectivity index (χ2v) is 5.29. The molecule has 0 radical (unpaired) electrons. The molecule has 124 valence electrons. The van der Waals surface area contributed by atoms with Gasteiger partial charge >= 0.3 is 0 Å². The number of hydrogen-bond acceptors (Lipinski definition) is 4. The van der Waals surface area contributed by atoms with Crippen LogP contribution in [0.5, 0.6) is 23.0 Å². The largest absolute Gasteiger partial charge is 0.508 e. The Balaban J connectivity index is 0.000000219. The zero-order chi connectivity index (χ0) is 17.4. The van der Waals surface area contributed by atoms with Gasteiger partial charge < -0.3 is 20.4 Å². The van der Waals surface area contributed by atoms with Crippen molar-refractivity contribution < 1.29 is 20.4 Å². The summed E-state index contributed by atoms with van der Waals surface area (Å²) in [5.41, 5.74) is 2.01. The lowest BCUT2D eigenvalue weighted by molar-refractivity contribution is 0.399. The van der Waals surface area contributed by atoms with E-state index in [4.69, 9.17) is 10.2 Å². The molecule has 4 heteroatoms. The van der Waals surface area contributed by atoms with Crippen molar-refractivity contribution in [3.63, 3.8) is 0 Å². The van der Waals surface area contributed by atoms with Gasteiger partial charge in [-0.15, -0.1) is 0 Å². The van der Waals surface area contributed by atoms with Gasteiger partial charge in [0.2, 0.25) is 0 Å². The number of aryl methyl sites for hydroxylation is 2. The number of rotatable bonds is 3. The van der Waals surface area contributed by atoms with E-state index in [0.717, 1.165) is 18.4 Å². The van der Waals surface area contributed by atoms with E-state index in [1.807, 2.05) is 24.3 Å². The molecule has 0 spiro atoms. The standard InChI is InChI=1S/C14H14O2.C6H6O2/c15-13-8-4-7-12(14(13)16)10-9-11-5-2-1-3-6-11;7-5-1-2-6(8)4-3-5/h1-8,15-16H,9-10H2;1-4,7-8H. The Kier molecular flexibility index (Phi) is 6.08. The highest BCUT2D eigenvalue weighted by Crippen LogP contribution is 2.28. The molecule has 3 aromatic rings. The van der Waals surface area contributed by atoms with E-state index in [9.17, 15) is 10.2 Å². The molecule has 0 aliphatic carbocycles. The van der Waals surface area contributed by atoms with Gasteiger partial charge in [0.15, 0.2) is 11.5 Å². The molecular weight excluding hydrogens is 304 g/mol. The van der Waals surface area contributed by atoms with Crippen LogP contribution < -0.4 is 0 Å². The zero-order valence-electron chi connectivity index (χ0n) is 13.1. The maximum Gasteiger partial charge on any atom is 0.160 e. The van der Waals surface area contributed by atoms with E-state index in [1.54, 1.807) is 6.07 Å². The van der Waals surface area contributed by atoms with Crippen LogP contribution in [0.25, 0.3) is 0 Å². The van der Waals surface area contributed by atoms with Crippen LogP contribution in [0.3, 0.4) is 0 Å². The first-order chi connectivity index (χ1) is 11.6. The SMILES string of the molecule is Oc1ccc(O)cc1.Oc1cccc(CCc2ccccc2)c1O. The fourth-order valence-electron chi connectivity index (χ4n) is 2.16. The van der Waals surface area contributed by atoms with Crippen LogP contribution in [0.2, 0.25) is 0 Å². The van der Waals surface area contributed by atoms with Gasteiger partial charge in [-0.2, -0.15) is 0 Å². The summed E-state index contributed by atoms with van der Waals surface area (Å²) in [5.74, 6) is 0.287. The third-order valence-electron chi connectivity index (χ3n) is 3.47. The van der Waals surface area contributed by atoms with Crippen molar-refractivity contribution in [1.82, 2.24) is 0 Å². The highest BCUT2D eigenvalue weighted by Gasteiger charge is 2.05. The van der Waals surface area contributed by atoms with Gasteiger partial charge in [-0.1, -0.05) is 42.5 Å². The van der Waals surface area contributed by atoms with Crippen LogP contribution in [0.1, 0.15) is 11.1 Å². The quantitative estimate of drug-likeness (QED) is 0.434. The van der Waals surface area contributed by atoms with Gasteiger partial charge in [-0.25, -0.2) is 0 Å². The van der Waals surface area contributed by atoms with Crippen LogP contribution in [0.15, 0.2) is 72.8 Å². The van der Waals surface area contributed by atoms with Gasteiger partial charge in [0.05, 0.1) is 0 Å². The Hall–Kier alpha value is -3.14. The second kappa shape index (κ2) is 8.48. The number of hydrogen-bond donors (Lipinski definition) is 4. The van der Waals surface area contributed by atoms with Gasteiger partial charge in [0.25, 0.3) is 0 Å². The maximum absolute atomic E-state index is 9.63. The first kappa shape index (κ1) is 17.2. The summed E-state index contributed by atoms with van der Waals surface area (Å²) in [5, 5.41) is 36.3. The third-order valence-corrected chi connectivity index (χ3v) is 3.47. The Morgan fingerprint density at radius 2 is 1.12 bits per heavy atom. The highest BCUT2D eigenvalue weighted by atomic mass is 16.3. The molecule has 0 heterocycles. The van der Waals surface area contributed by atoms with Crippen molar-refractivity contribution in [1.29, 1.82) is 0 Å². The first-order valence-corrected chi connectivity index (χ1v) is 7.58. The molecule has 0 aromatic heterocycles. The molecule has 24 heavy (non-hydrogen) atoms. The molecule has 0 bridgehead atoms. The molecule has 0 saturated heterocycles. The fraction of sp³-hybridized carbons (Fsp3) is 0.100. The van der Waals surface area contributed by atoms with E-state index in [1.165, 1.54) is 35.9 Å². The van der Waals surface area contributed by atoms with Crippen molar-refractivity contribution in [2.45, 2.75) is 12.8 Å². The van der Waals surface area contributed by atoms with Crippen LogP contribution in [-0.4, -0.2) is 20.4 Å². The maximum atomic E-state index is 9.63. The van der Waals surface area contributed by atoms with Crippen molar-refractivity contribution in [3.05, 3.63) is 83.9 Å².